The van der Waals surface area contributed by atoms with Gasteiger partial charge in [0, 0.05) is 12.1 Å². The van der Waals surface area contributed by atoms with Crippen LogP contribution in [0, 0.1) is 29.8 Å². The van der Waals surface area contributed by atoms with Gasteiger partial charge in [-0.25, -0.2) is 4.39 Å². The molecule has 0 spiro atoms. The lowest BCUT2D eigenvalue weighted by atomic mass is 10.1. The molecule has 0 unspecified atom stereocenters. The van der Waals surface area contributed by atoms with Crippen molar-refractivity contribution in [3.8, 4) is 11.5 Å². The number of esters is 2. The minimum Gasteiger partial charge on any atom is -0.427 e. The maximum Gasteiger partial charge on any atom is 0.312 e. The van der Waals surface area contributed by atoms with Gasteiger partial charge in [0.25, 0.3) is 0 Å². The van der Waals surface area contributed by atoms with Crippen LogP contribution in [0.25, 0.3) is 0 Å². The minimum atomic E-state index is -0.907. The fraction of sp³-hybridized carbons (Fsp3) is 0.222. The zero-order valence-electron chi connectivity index (χ0n) is 14.2. The number of hydrogen-bond donors (Lipinski definition) is 0. The molecule has 0 aromatic heterocycles. The van der Waals surface area contributed by atoms with E-state index in [4.69, 9.17) is 9.47 Å². The van der Waals surface area contributed by atoms with E-state index in [1.165, 1.54) is 0 Å². The van der Waals surface area contributed by atoms with Crippen LogP contribution in [-0.4, -0.2) is 16.9 Å². The Morgan fingerprint density at radius 1 is 1.00 bits per heavy atom. The number of aryl methyl sites for hydroxylation is 2. The average molecular weight is 361 g/mol. The summed E-state index contributed by atoms with van der Waals surface area (Å²) in [6.07, 6.45) is -0.647. The van der Waals surface area contributed by atoms with Gasteiger partial charge in [-0.1, -0.05) is 6.07 Å². The van der Waals surface area contributed by atoms with Crippen LogP contribution in [0.5, 0.6) is 11.5 Å². The fourth-order valence-corrected chi connectivity index (χ4v) is 2.06. The molecule has 2 aromatic rings. The number of nitro groups is 1. The largest absolute Gasteiger partial charge is 0.427 e. The monoisotopic (exact) mass is 361 g/mol. The first-order valence-corrected chi connectivity index (χ1v) is 7.69. The predicted molar refractivity (Wildman–Crippen MR) is 89.5 cm³/mol. The Morgan fingerprint density at radius 3 is 2.27 bits per heavy atom. The van der Waals surface area contributed by atoms with Crippen molar-refractivity contribution in [2.24, 2.45) is 0 Å². The third kappa shape index (κ3) is 5.10. The fourth-order valence-electron chi connectivity index (χ4n) is 2.06. The number of carbonyl (C=O) groups is 2. The molecule has 0 aliphatic carbocycles. The predicted octanol–water partition coefficient (Wildman–Crippen LogP) is 3.64. The van der Waals surface area contributed by atoms with Crippen LogP contribution in [0.15, 0.2) is 36.4 Å². The average Bonchev–Trinajstić information content (AvgIpc) is 2.56. The lowest BCUT2D eigenvalue weighted by Crippen LogP contribution is -2.14. The van der Waals surface area contributed by atoms with E-state index in [0.717, 1.165) is 29.3 Å². The molecule has 0 saturated carbocycles. The van der Waals surface area contributed by atoms with Crippen molar-refractivity contribution in [3.63, 3.8) is 0 Å². The van der Waals surface area contributed by atoms with Crippen molar-refractivity contribution in [3.05, 3.63) is 63.5 Å². The summed E-state index contributed by atoms with van der Waals surface area (Å²) >= 11 is 0. The molecule has 2 rings (SSSR count). The number of benzene rings is 2. The zero-order chi connectivity index (χ0) is 19.3. The number of hydrogen-bond acceptors (Lipinski definition) is 6. The van der Waals surface area contributed by atoms with Gasteiger partial charge < -0.3 is 9.47 Å². The van der Waals surface area contributed by atoms with E-state index >= 15 is 0 Å². The maximum absolute atomic E-state index is 13.2. The van der Waals surface area contributed by atoms with Crippen LogP contribution < -0.4 is 9.47 Å². The Kier molecular flexibility index (Phi) is 6.00. The molecule has 0 amide bonds. The molecule has 0 N–H and O–H groups in total. The summed E-state index contributed by atoms with van der Waals surface area (Å²) < 4.78 is 23.1. The van der Waals surface area contributed by atoms with Crippen molar-refractivity contribution >= 4 is 17.6 Å². The molecule has 0 heterocycles. The number of carbonyl (C=O) groups excluding carboxylic acids is 2. The van der Waals surface area contributed by atoms with Crippen LogP contribution in [0.3, 0.4) is 0 Å². The highest BCUT2D eigenvalue weighted by molar-refractivity contribution is 5.80. The molecular formula is C18H16FNO6. The van der Waals surface area contributed by atoms with Gasteiger partial charge in [-0.2, -0.15) is 0 Å². The second-order valence-corrected chi connectivity index (χ2v) is 5.56. The number of rotatable bonds is 6. The number of halogens is 1. The van der Waals surface area contributed by atoms with E-state index in [1.54, 1.807) is 18.2 Å². The highest BCUT2D eigenvalue weighted by Crippen LogP contribution is 2.28. The van der Waals surface area contributed by atoms with Gasteiger partial charge >= 0.3 is 17.6 Å². The molecular weight excluding hydrogens is 345 g/mol. The van der Waals surface area contributed by atoms with E-state index in [-0.39, 0.29) is 12.8 Å². The summed E-state index contributed by atoms with van der Waals surface area (Å²) in [5.41, 5.74) is 1.45. The summed E-state index contributed by atoms with van der Waals surface area (Å²) in [5.74, 6) is -2.50. The highest BCUT2D eigenvalue weighted by atomic mass is 19.1. The van der Waals surface area contributed by atoms with Gasteiger partial charge in [0.1, 0.15) is 11.6 Å². The van der Waals surface area contributed by atoms with E-state index in [0.29, 0.717) is 5.75 Å². The highest BCUT2D eigenvalue weighted by Gasteiger charge is 2.19. The molecule has 7 nitrogen and oxygen atoms in total. The normalized spacial score (nSPS) is 10.3. The Labute approximate surface area is 148 Å². The molecule has 0 bridgehead atoms. The van der Waals surface area contributed by atoms with E-state index in [2.05, 4.69) is 0 Å². The molecule has 0 saturated heterocycles. The van der Waals surface area contributed by atoms with Crippen molar-refractivity contribution in [2.45, 2.75) is 26.7 Å². The second-order valence-electron chi connectivity index (χ2n) is 5.56. The first kappa shape index (κ1) is 19.0. The van der Waals surface area contributed by atoms with Gasteiger partial charge in [-0.3, -0.25) is 19.7 Å². The molecule has 0 aliphatic heterocycles. The van der Waals surface area contributed by atoms with E-state index in [9.17, 15) is 24.1 Å². The molecule has 0 atom stereocenters. The molecule has 2 aromatic carbocycles. The van der Waals surface area contributed by atoms with E-state index < -0.39 is 34.1 Å². The lowest BCUT2D eigenvalue weighted by molar-refractivity contribution is -0.385. The SMILES string of the molecule is Cc1ccc(OC(=O)CCC(=O)Oc2cc(F)ccc2[N+](=O)[O-])cc1C. The molecule has 8 heteroatoms. The van der Waals surface area contributed by atoms with Crippen molar-refractivity contribution in [1.29, 1.82) is 0 Å². The first-order valence-electron chi connectivity index (χ1n) is 7.69. The molecule has 26 heavy (non-hydrogen) atoms. The smallest absolute Gasteiger partial charge is 0.312 e. The van der Waals surface area contributed by atoms with Crippen molar-refractivity contribution < 1.29 is 28.4 Å². The summed E-state index contributed by atoms with van der Waals surface area (Å²) in [6.45, 7) is 3.79. The van der Waals surface area contributed by atoms with Crippen molar-refractivity contribution in [1.82, 2.24) is 0 Å². The topological polar surface area (TPSA) is 95.7 Å². The number of ether oxygens (including phenoxy) is 2. The number of nitrogens with zero attached hydrogens (tertiary/aromatic N) is 1. The summed E-state index contributed by atoms with van der Waals surface area (Å²) in [5, 5.41) is 10.9. The Bertz CT molecular complexity index is 865. The van der Waals surface area contributed by atoms with Gasteiger partial charge in [-0.15, -0.1) is 0 Å². The molecule has 136 valence electrons. The summed E-state index contributed by atoms with van der Waals surface area (Å²) in [7, 11) is 0. The van der Waals surface area contributed by atoms with Crippen LogP contribution in [0.4, 0.5) is 10.1 Å². The van der Waals surface area contributed by atoms with Crippen molar-refractivity contribution in [2.75, 3.05) is 0 Å². The third-order valence-electron chi connectivity index (χ3n) is 3.59. The summed E-state index contributed by atoms with van der Waals surface area (Å²) in [4.78, 5) is 33.6. The van der Waals surface area contributed by atoms with E-state index in [1.807, 2.05) is 13.8 Å². The maximum atomic E-state index is 13.2. The second kappa shape index (κ2) is 8.19. The Hall–Kier alpha value is -3.29. The quantitative estimate of drug-likeness (QED) is 0.337. The zero-order valence-corrected chi connectivity index (χ0v) is 14.2. The lowest BCUT2D eigenvalue weighted by Gasteiger charge is -2.07. The molecule has 0 fully saturated rings. The molecule has 0 aliphatic rings. The van der Waals surface area contributed by atoms with Gasteiger partial charge in [0.15, 0.2) is 0 Å². The third-order valence-corrected chi connectivity index (χ3v) is 3.59. The Morgan fingerprint density at radius 2 is 1.65 bits per heavy atom. The first-order chi connectivity index (χ1) is 12.3. The number of nitro benzene ring substituents is 1. The van der Waals surface area contributed by atoms with Crippen LogP contribution >= 0.6 is 0 Å². The molecule has 0 radical (unpaired) electrons. The van der Waals surface area contributed by atoms with Crippen LogP contribution in [-0.2, 0) is 9.59 Å². The summed E-state index contributed by atoms with van der Waals surface area (Å²) in [6, 6.07) is 7.65. The van der Waals surface area contributed by atoms with Gasteiger partial charge in [0.2, 0.25) is 5.75 Å². The standard InChI is InChI=1S/C18H16FNO6/c1-11-3-5-14(9-12(11)2)25-17(21)7-8-18(22)26-16-10-13(19)4-6-15(16)20(23)24/h3-6,9-10H,7-8H2,1-2H3. The van der Waals surface area contributed by atoms with Crippen LogP contribution in [0.1, 0.15) is 24.0 Å². The Balaban J connectivity index is 1.92. The van der Waals surface area contributed by atoms with Gasteiger partial charge in [0.05, 0.1) is 17.8 Å². The van der Waals surface area contributed by atoms with Crippen LogP contribution in [0.2, 0.25) is 0 Å². The van der Waals surface area contributed by atoms with Gasteiger partial charge in [-0.05, 0) is 43.2 Å². The minimum absolute atomic E-state index is 0.283.